The predicted molar refractivity (Wildman–Crippen MR) is 81.2 cm³/mol. The van der Waals surface area contributed by atoms with E-state index in [1.54, 1.807) is 4.57 Å². The van der Waals surface area contributed by atoms with Crippen molar-refractivity contribution in [3.05, 3.63) is 57.5 Å². The first-order valence-corrected chi connectivity index (χ1v) is 7.44. The normalized spacial score (nSPS) is 17.1. The Bertz CT molecular complexity index is 723. The molecule has 0 bridgehead atoms. The summed E-state index contributed by atoms with van der Waals surface area (Å²) in [6.45, 7) is 4.08. The van der Waals surface area contributed by atoms with E-state index in [1.165, 1.54) is 5.56 Å². The molecule has 5 heteroatoms. The third kappa shape index (κ3) is 2.23. The highest BCUT2D eigenvalue weighted by Crippen LogP contribution is 2.19. The van der Waals surface area contributed by atoms with Crippen LogP contribution in [0.3, 0.4) is 0 Å². The molecule has 0 radical (unpaired) electrons. The smallest absolute Gasteiger partial charge is 0.259 e. The van der Waals surface area contributed by atoms with Gasteiger partial charge in [-0.1, -0.05) is 30.3 Å². The van der Waals surface area contributed by atoms with Gasteiger partial charge in [0.2, 0.25) is 5.95 Å². The van der Waals surface area contributed by atoms with Crippen LogP contribution in [0.15, 0.2) is 35.1 Å². The van der Waals surface area contributed by atoms with Crippen LogP contribution in [0.5, 0.6) is 0 Å². The Morgan fingerprint density at radius 3 is 2.90 bits per heavy atom. The van der Waals surface area contributed by atoms with Crippen LogP contribution < -0.4 is 10.9 Å². The molecule has 2 aliphatic heterocycles. The molecule has 4 rings (SSSR count). The lowest BCUT2D eigenvalue weighted by molar-refractivity contribution is 0.241. The molecule has 3 heterocycles. The van der Waals surface area contributed by atoms with Crippen molar-refractivity contribution in [3.8, 4) is 0 Å². The van der Waals surface area contributed by atoms with Crippen LogP contribution in [-0.2, 0) is 26.1 Å². The van der Waals surface area contributed by atoms with Crippen LogP contribution in [0.4, 0.5) is 5.95 Å². The van der Waals surface area contributed by atoms with Gasteiger partial charge in [0.05, 0.1) is 11.3 Å². The Kier molecular flexibility index (Phi) is 3.00. The second-order valence-corrected chi connectivity index (χ2v) is 5.69. The first kappa shape index (κ1) is 12.6. The molecule has 1 aromatic heterocycles. The highest BCUT2D eigenvalue weighted by molar-refractivity contribution is 5.35. The lowest BCUT2D eigenvalue weighted by Crippen LogP contribution is -2.37. The summed E-state index contributed by atoms with van der Waals surface area (Å²) in [5, 5.41) is 3.18. The molecule has 2 aromatic rings. The number of rotatable bonds is 2. The first-order chi connectivity index (χ1) is 10.3. The summed E-state index contributed by atoms with van der Waals surface area (Å²) in [7, 11) is 0. The largest absolute Gasteiger partial charge is 0.354 e. The fourth-order valence-electron chi connectivity index (χ4n) is 3.17. The molecule has 0 amide bonds. The predicted octanol–water partition coefficient (Wildman–Crippen LogP) is 1.23. The quantitative estimate of drug-likeness (QED) is 0.900. The van der Waals surface area contributed by atoms with E-state index in [0.29, 0.717) is 6.54 Å². The fourth-order valence-corrected chi connectivity index (χ4v) is 3.17. The van der Waals surface area contributed by atoms with E-state index in [-0.39, 0.29) is 5.56 Å². The summed E-state index contributed by atoms with van der Waals surface area (Å²) in [6.07, 6.45) is 0.854. The van der Waals surface area contributed by atoms with Crippen molar-refractivity contribution in [3.63, 3.8) is 0 Å². The van der Waals surface area contributed by atoms with Crippen LogP contribution in [0, 0.1) is 0 Å². The molecule has 1 aromatic carbocycles. The fraction of sp³-hybridized carbons (Fsp3) is 0.375. The Morgan fingerprint density at radius 2 is 2.05 bits per heavy atom. The summed E-state index contributed by atoms with van der Waals surface area (Å²) < 4.78 is 1.77. The Balaban J connectivity index is 1.62. The van der Waals surface area contributed by atoms with E-state index in [1.807, 2.05) is 6.07 Å². The number of benzene rings is 1. The van der Waals surface area contributed by atoms with E-state index in [4.69, 9.17) is 0 Å². The second kappa shape index (κ2) is 5.00. The number of hydrogen-bond donors (Lipinski definition) is 1. The molecule has 0 atom stereocenters. The Hall–Kier alpha value is -2.14. The lowest BCUT2D eigenvalue weighted by Gasteiger charge is -2.28. The third-order valence-electron chi connectivity index (χ3n) is 4.26. The second-order valence-electron chi connectivity index (χ2n) is 5.69. The van der Waals surface area contributed by atoms with Crippen molar-refractivity contribution >= 4 is 5.95 Å². The first-order valence-electron chi connectivity index (χ1n) is 7.44. The number of fused-ring (bicyclic) bond motifs is 2. The summed E-state index contributed by atoms with van der Waals surface area (Å²) in [5.74, 6) is 0.746. The third-order valence-corrected chi connectivity index (χ3v) is 4.26. The highest BCUT2D eigenvalue weighted by Gasteiger charge is 2.24. The molecule has 0 aliphatic carbocycles. The van der Waals surface area contributed by atoms with Crippen molar-refractivity contribution in [2.24, 2.45) is 0 Å². The molecule has 21 heavy (non-hydrogen) atoms. The number of hydrogen-bond acceptors (Lipinski definition) is 4. The molecule has 108 valence electrons. The van der Waals surface area contributed by atoms with Crippen molar-refractivity contribution in [1.82, 2.24) is 14.5 Å². The van der Waals surface area contributed by atoms with Crippen molar-refractivity contribution in [1.29, 1.82) is 0 Å². The van der Waals surface area contributed by atoms with Gasteiger partial charge in [0, 0.05) is 39.1 Å². The molecule has 0 unspecified atom stereocenters. The molecule has 0 saturated carbocycles. The minimum Gasteiger partial charge on any atom is -0.354 e. The lowest BCUT2D eigenvalue weighted by atomic mass is 10.1. The maximum absolute atomic E-state index is 12.6. The van der Waals surface area contributed by atoms with Crippen LogP contribution >= 0.6 is 0 Å². The van der Waals surface area contributed by atoms with Gasteiger partial charge in [-0.2, -0.15) is 0 Å². The Labute approximate surface area is 123 Å². The van der Waals surface area contributed by atoms with Gasteiger partial charge in [0.25, 0.3) is 5.56 Å². The number of anilines is 1. The van der Waals surface area contributed by atoms with E-state index in [9.17, 15) is 4.79 Å². The number of aromatic nitrogens is 2. The minimum atomic E-state index is 0.137. The summed E-state index contributed by atoms with van der Waals surface area (Å²) >= 11 is 0. The van der Waals surface area contributed by atoms with Gasteiger partial charge < -0.3 is 5.32 Å². The van der Waals surface area contributed by atoms with Crippen molar-refractivity contribution < 1.29 is 0 Å². The summed E-state index contributed by atoms with van der Waals surface area (Å²) in [4.78, 5) is 19.5. The standard InChI is InChI=1S/C16H18N4O/c21-15-13-11-19(10-12-4-2-1-3-5-12)8-6-14(13)18-16-17-7-9-20(15)16/h1-5H,6-11H2,(H,17,18). The van der Waals surface area contributed by atoms with Crippen LogP contribution in [0.2, 0.25) is 0 Å². The van der Waals surface area contributed by atoms with E-state index < -0.39 is 0 Å². The zero-order valence-corrected chi connectivity index (χ0v) is 11.9. The molecular formula is C16H18N4O. The molecule has 0 spiro atoms. The summed E-state index contributed by atoms with van der Waals surface area (Å²) in [6, 6.07) is 10.4. The molecule has 0 saturated heterocycles. The number of nitrogens with zero attached hydrogens (tertiary/aromatic N) is 3. The van der Waals surface area contributed by atoms with Crippen molar-refractivity contribution in [2.75, 3.05) is 18.4 Å². The van der Waals surface area contributed by atoms with Gasteiger partial charge in [-0.05, 0) is 5.56 Å². The molecule has 1 N–H and O–H groups in total. The van der Waals surface area contributed by atoms with E-state index in [0.717, 1.165) is 49.8 Å². The van der Waals surface area contributed by atoms with Crippen LogP contribution in [-0.4, -0.2) is 27.5 Å². The SMILES string of the molecule is O=c1c2c(nc3n1CCN3)CCN(Cc1ccccc1)C2. The average Bonchev–Trinajstić information content (AvgIpc) is 2.98. The molecule has 0 fully saturated rings. The maximum Gasteiger partial charge on any atom is 0.259 e. The van der Waals surface area contributed by atoms with Gasteiger partial charge in [0.15, 0.2) is 0 Å². The van der Waals surface area contributed by atoms with Gasteiger partial charge in [-0.3, -0.25) is 14.3 Å². The zero-order chi connectivity index (χ0) is 14.2. The Morgan fingerprint density at radius 1 is 1.19 bits per heavy atom. The van der Waals surface area contributed by atoms with E-state index >= 15 is 0 Å². The van der Waals surface area contributed by atoms with E-state index in [2.05, 4.69) is 39.5 Å². The van der Waals surface area contributed by atoms with Gasteiger partial charge >= 0.3 is 0 Å². The van der Waals surface area contributed by atoms with Crippen LogP contribution in [0.1, 0.15) is 16.8 Å². The minimum absolute atomic E-state index is 0.137. The van der Waals surface area contributed by atoms with Crippen LogP contribution in [0.25, 0.3) is 0 Å². The average molecular weight is 282 g/mol. The molecule has 2 aliphatic rings. The molecular weight excluding hydrogens is 264 g/mol. The molecule has 5 nitrogen and oxygen atoms in total. The summed E-state index contributed by atoms with van der Waals surface area (Å²) in [5.41, 5.74) is 3.28. The highest BCUT2D eigenvalue weighted by atomic mass is 16.1. The topological polar surface area (TPSA) is 50.2 Å². The monoisotopic (exact) mass is 282 g/mol. The van der Waals surface area contributed by atoms with Gasteiger partial charge in [-0.25, -0.2) is 4.98 Å². The van der Waals surface area contributed by atoms with Gasteiger partial charge in [-0.15, -0.1) is 0 Å². The van der Waals surface area contributed by atoms with Gasteiger partial charge in [0.1, 0.15) is 0 Å². The van der Waals surface area contributed by atoms with Crippen molar-refractivity contribution in [2.45, 2.75) is 26.1 Å². The number of nitrogens with one attached hydrogen (secondary N) is 1. The maximum atomic E-state index is 12.6. The zero-order valence-electron chi connectivity index (χ0n) is 11.9.